The summed E-state index contributed by atoms with van der Waals surface area (Å²) in [5.41, 5.74) is 0.609. The van der Waals surface area contributed by atoms with Crippen molar-refractivity contribution in [1.29, 1.82) is 0 Å². The summed E-state index contributed by atoms with van der Waals surface area (Å²) in [6, 6.07) is 0. The van der Waals surface area contributed by atoms with E-state index in [0.717, 1.165) is 6.26 Å². The number of nitrogens with one attached hydrogen (secondary N) is 1. The number of rotatable bonds is 3. The molecule has 16 heavy (non-hydrogen) atoms. The molecule has 0 fully saturated rings. The Hall–Kier alpha value is -1.10. The summed E-state index contributed by atoms with van der Waals surface area (Å²) in [7, 11) is -3.37. The molecule has 0 radical (unpaired) electrons. The first-order chi connectivity index (χ1) is 7.35. The van der Waals surface area contributed by atoms with E-state index in [2.05, 4.69) is 22.9 Å². The number of amidine groups is 1. The van der Waals surface area contributed by atoms with E-state index in [1.54, 1.807) is 6.92 Å². The molecule has 0 atom stereocenters. The molecule has 1 N–H and O–H groups in total. The number of allylic oxidation sites excluding steroid dienone is 1. The van der Waals surface area contributed by atoms with E-state index < -0.39 is 10.0 Å². The first-order valence-electron chi connectivity index (χ1n) is 5.20. The van der Waals surface area contributed by atoms with E-state index in [9.17, 15) is 8.42 Å². The molecule has 0 aromatic heterocycles. The topological polar surface area (TPSA) is 58.5 Å². The highest BCUT2D eigenvalue weighted by Crippen LogP contribution is 1.89. The number of sulfonamides is 1. The third-order valence-electron chi connectivity index (χ3n) is 0.799. The maximum atomic E-state index is 10.7. The van der Waals surface area contributed by atoms with E-state index in [1.807, 2.05) is 27.7 Å². The third-order valence-corrected chi connectivity index (χ3v) is 1.33. The number of hydrogen-bond acceptors (Lipinski definition) is 2. The average Bonchev–Trinajstić information content (AvgIpc) is 2.20. The van der Waals surface area contributed by atoms with Crippen molar-refractivity contribution in [3.05, 3.63) is 24.9 Å². The molecule has 0 aromatic rings. The summed E-state index contributed by atoms with van der Waals surface area (Å²) in [4.78, 5) is 0. The van der Waals surface area contributed by atoms with E-state index in [4.69, 9.17) is 0 Å². The van der Waals surface area contributed by atoms with Gasteiger partial charge in [0, 0.05) is 5.70 Å². The van der Waals surface area contributed by atoms with Crippen LogP contribution in [0.1, 0.15) is 34.6 Å². The van der Waals surface area contributed by atoms with Crippen LogP contribution in [0.15, 0.2) is 29.3 Å². The molecule has 0 rings (SSSR count). The second-order valence-electron chi connectivity index (χ2n) is 2.32. The second kappa shape index (κ2) is 12.0. The van der Waals surface area contributed by atoms with Crippen LogP contribution >= 0.6 is 0 Å². The molecule has 0 amide bonds. The lowest BCUT2D eigenvalue weighted by molar-refractivity contribution is 0.603. The van der Waals surface area contributed by atoms with Crippen LogP contribution in [0.5, 0.6) is 0 Å². The maximum absolute atomic E-state index is 10.7. The van der Waals surface area contributed by atoms with Crippen molar-refractivity contribution in [2.24, 2.45) is 4.40 Å². The van der Waals surface area contributed by atoms with E-state index in [0.29, 0.717) is 5.70 Å². The van der Waals surface area contributed by atoms with Gasteiger partial charge in [-0.15, -0.1) is 4.40 Å². The molecule has 0 aliphatic carbocycles. The summed E-state index contributed by atoms with van der Waals surface area (Å²) in [5.74, 6) is 0.185. The lowest BCUT2D eigenvalue weighted by Gasteiger charge is -2.02. The standard InChI is InChI=1S/C7H12N2O2S.2C2H6/c1-5-7(8-6(2)3)9-12(4,10)11;2*1-2/h5H,1-2H2,3-4H3,(H,8,9);2*1-2H3. The fourth-order valence-corrected chi connectivity index (χ4v) is 0.986. The van der Waals surface area contributed by atoms with Crippen LogP contribution < -0.4 is 5.32 Å². The highest BCUT2D eigenvalue weighted by molar-refractivity contribution is 7.89. The highest BCUT2D eigenvalue weighted by atomic mass is 32.2. The highest BCUT2D eigenvalue weighted by Gasteiger charge is 1.99. The minimum Gasteiger partial charge on any atom is -0.344 e. The Balaban J connectivity index is -0.000000376. The van der Waals surface area contributed by atoms with Crippen molar-refractivity contribution in [1.82, 2.24) is 5.32 Å². The Labute approximate surface area is 100 Å². The van der Waals surface area contributed by atoms with Crippen LogP contribution in [0, 0.1) is 0 Å². The maximum Gasteiger partial charge on any atom is 0.252 e. The molecular formula is C11H24N2O2S. The second-order valence-corrected chi connectivity index (χ2v) is 3.97. The third kappa shape index (κ3) is 18.6. The van der Waals surface area contributed by atoms with Crippen LogP contribution in [0.3, 0.4) is 0 Å². The van der Waals surface area contributed by atoms with Gasteiger partial charge in [-0.1, -0.05) is 40.9 Å². The lowest BCUT2D eigenvalue weighted by Crippen LogP contribution is -2.19. The normalized spacial score (nSPS) is 10.0. The quantitative estimate of drug-likeness (QED) is 0.617. The molecule has 0 unspecified atom stereocenters. The fourth-order valence-electron chi connectivity index (χ4n) is 0.508. The van der Waals surface area contributed by atoms with Crippen LogP contribution in [0.2, 0.25) is 0 Å². The van der Waals surface area contributed by atoms with Crippen LogP contribution in [0.25, 0.3) is 0 Å². The monoisotopic (exact) mass is 248 g/mol. The smallest absolute Gasteiger partial charge is 0.252 e. The van der Waals surface area contributed by atoms with Gasteiger partial charge in [-0.2, -0.15) is 0 Å². The van der Waals surface area contributed by atoms with E-state index in [1.165, 1.54) is 6.08 Å². The van der Waals surface area contributed by atoms with Gasteiger partial charge in [-0.25, -0.2) is 8.42 Å². The molecule has 0 aromatic carbocycles. The Morgan fingerprint density at radius 2 is 1.62 bits per heavy atom. The number of nitrogens with zero attached hydrogens (tertiary/aromatic N) is 1. The largest absolute Gasteiger partial charge is 0.344 e. The molecule has 0 heterocycles. The molecule has 0 saturated carbocycles. The molecule has 0 spiro atoms. The summed E-state index contributed by atoms with van der Waals surface area (Å²) < 4.78 is 24.7. The van der Waals surface area contributed by atoms with Crippen LogP contribution in [0.4, 0.5) is 0 Å². The predicted molar refractivity (Wildman–Crippen MR) is 73.1 cm³/mol. The minimum absolute atomic E-state index is 0.185. The van der Waals surface area contributed by atoms with Gasteiger partial charge in [0.1, 0.15) is 5.84 Å². The summed E-state index contributed by atoms with van der Waals surface area (Å²) >= 11 is 0. The summed E-state index contributed by atoms with van der Waals surface area (Å²) in [5, 5.41) is 2.64. The molecule has 0 saturated heterocycles. The predicted octanol–water partition coefficient (Wildman–Crippen LogP) is 2.71. The Morgan fingerprint density at radius 3 is 1.81 bits per heavy atom. The Morgan fingerprint density at radius 1 is 1.25 bits per heavy atom. The van der Waals surface area contributed by atoms with Gasteiger partial charge in [0.2, 0.25) is 0 Å². The molecular weight excluding hydrogens is 224 g/mol. The van der Waals surface area contributed by atoms with Gasteiger partial charge in [-0.05, 0) is 13.0 Å². The molecule has 0 aliphatic rings. The lowest BCUT2D eigenvalue weighted by atomic mass is 10.5. The van der Waals surface area contributed by atoms with Gasteiger partial charge < -0.3 is 5.32 Å². The SMILES string of the molecule is C=C/C(=N\S(C)(=O)=O)NC(=C)C.CC.CC. The van der Waals surface area contributed by atoms with E-state index >= 15 is 0 Å². The van der Waals surface area contributed by atoms with Crippen molar-refractivity contribution >= 4 is 15.9 Å². The average molecular weight is 248 g/mol. The summed E-state index contributed by atoms with van der Waals surface area (Å²) in [6.07, 6.45) is 2.33. The van der Waals surface area contributed by atoms with Crippen molar-refractivity contribution < 1.29 is 8.42 Å². The molecule has 0 aliphatic heterocycles. The van der Waals surface area contributed by atoms with Crippen LogP contribution in [-0.2, 0) is 10.0 Å². The van der Waals surface area contributed by atoms with Gasteiger partial charge in [-0.3, -0.25) is 0 Å². The zero-order valence-corrected chi connectivity index (χ0v) is 12.0. The number of hydrogen-bond donors (Lipinski definition) is 1. The molecule has 4 nitrogen and oxygen atoms in total. The van der Waals surface area contributed by atoms with Gasteiger partial charge in [0.05, 0.1) is 6.26 Å². The molecule has 0 bridgehead atoms. The van der Waals surface area contributed by atoms with Gasteiger partial charge >= 0.3 is 0 Å². The Bertz CT molecular complexity index is 317. The first-order valence-corrected chi connectivity index (χ1v) is 7.05. The van der Waals surface area contributed by atoms with Crippen molar-refractivity contribution in [3.8, 4) is 0 Å². The van der Waals surface area contributed by atoms with Crippen molar-refractivity contribution in [3.63, 3.8) is 0 Å². The van der Waals surface area contributed by atoms with Crippen LogP contribution in [-0.4, -0.2) is 20.5 Å². The van der Waals surface area contributed by atoms with E-state index in [-0.39, 0.29) is 5.84 Å². The molecule has 5 heteroatoms. The van der Waals surface area contributed by atoms with Gasteiger partial charge in [0.15, 0.2) is 0 Å². The fraction of sp³-hybridized carbons (Fsp3) is 0.545. The minimum atomic E-state index is -3.37. The van der Waals surface area contributed by atoms with Crippen molar-refractivity contribution in [2.75, 3.05) is 6.26 Å². The summed E-state index contributed by atoms with van der Waals surface area (Å²) in [6.45, 7) is 16.6. The molecule has 96 valence electrons. The zero-order valence-electron chi connectivity index (χ0n) is 11.2. The Kier molecular flexibility index (Phi) is 15.2. The van der Waals surface area contributed by atoms with Gasteiger partial charge in [0.25, 0.3) is 10.0 Å². The first kappa shape index (κ1) is 20.3. The van der Waals surface area contributed by atoms with Crippen molar-refractivity contribution in [2.45, 2.75) is 34.6 Å². The zero-order chi connectivity index (χ0) is 13.8.